The van der Waals surface area contributed by atoms with Crippen LogP contribution < -0.4 is 5.32 Å². The number of benzene rings is 2. The highest BCUT2D eigenvalue weighted by atomic mass is 35.5. The highest BCUT2D eigenvalue weighted by Crippen LogP contribution is 2.52. The molecule has 4 rings (SSSR count). The first kappa shape index (κ1) is 16.2. The van der Waals surface area contributed by atoms with Gasteiger partial charge in [-0.15, -0.1) is 0 Å². The fourth-order valence-corrected chi connectivity index (χ4v) is 4.46. The predicted octanol–water partition coefficient (Wildman–Crippen LogP) is 5.48. The van der Waals surface area contributed by atoms with E-state index in [1.165, 1.54) is 22.8 Å². The van der Waals surface area contributed by atoms with Gasteiger partial charge in [-0.3, -0.25) is 0 Å². The van der Waals surface area contributed by atoms with Crippen molar-refractivity contribution < 1.29 is 9.90 Å². The van der Waals surface area contributed by atoms with Gasteiger partial charge >= 0.3 is 5.97 Å². The van der Waals surface area contributed by atoms with E-state index in [1.54, 1.807) is 6.07 Å². The monoisotopic (exact) mass is 353 g/mol. The van der Waals surface area contributed by atoms with Gasteiger partial charge < -0.3 is 10.4 Å². The Balaban J connectivity index is 1.86. The molecule has 0 radical (unpaired) electrons. The highest BCUT2D eigenvalue weighted by Gasteiger charge is 2.39. The maximum Gasteiger partial charge on any atom is 0.335 e. The van der Waals surface area contributed by atoms with Crippen molar-refractivity contribution in [3.63, 3.8) is 0 Å². The van der Waals surface area contributed by atoms with E-state index in [0.717, 1.165) is 17.7 Å². The van der Waals surface area contributed by atoms with E-state index in [4.69, 9.17) is 11.6 Å². The van der Waals surface area contributed by atoms with Gasteiger partial charge in [0.2, 0.25) is 0 Å². The summed E-state index contributed by atoms with van der Waals surface area (Å²) in [6.07, 6.45) is 5.38. The Hall–Kier alpha value is -2.26. The first-order valence-electron chi connectivity index (χ1n) is 8.53. The minimum atomic E-state index is -0.945. The SMILES string of the molecule is Cc1ccc(C)c([C@@H]2Nc3c(Cl)cc(C(=O)O)cc3[C@@H]3C=CC[C@@H]32)c1. The van der Waals surface area contributed by atoms with Crippen LogP contribution in [0.1, 0.15) is 51.0 Å². The van der Waals surface area contributed by atoms with Crippen LogP contribution in [0.2, 0.25) is 5.02 Å². The molecule has 0 amide bonds. The van der Waals surface area contributed by atoms with Crippen LogP contribution in [0.25, 0.3) is 0 Å². The average Bonchev–Trinajstić information content (AvgIpc) is 3.06. The lowest BCUT2D eigenvalue weighted by Gasteiger charge is -2.38. The summed E-state index contributed by atoms with van der Waals surface area (Å²) in [6.45, 7) is 4.24. The number of aryl methyl sites for hydroxylation is 2. The third kappa shape index (κ3) is 2.63. The molecule has 3 nitrogen and oxygen atoms in total. The van der Waals surface area contributed by atoms with Gasteiger partial charge in [0.1, 0.15) is 0 Å². The van der Waals surface area contributed by atoms with Crippen molar-refractivity contribution in [1.29, 1.82) is 0 Å². The Labute approximate surface area is 152 Å². The van der Waals surface area contributed by atoms with E-state index < -0.39 is 5.97 Å². The zero-order valence-electron chi connectivity index (χ0n) is 14.2. The minimum Gasteiger partial charge on any atom is -0.478 e. The maximum absolute atomic E-state index is 11.4. The number of allylic oxidation sites excluding steroid dienone is 2. The minimum absolute atomic E-state index is 0.167. The average molecular weight is 354 g/mol. The molecule has 0 unspecified atom stereocenters. The Morgan fingerprint density at radius 2 is 2.00 bits per heavy atom. The first-order chi connectivity index (χ1) is 12.0. The second-order valence-electron chi connectivity index (χ2n) is 7.06. The van der Waals surface area contributed by atoms with E-state index >= 15 is 0 Å². The molecular weight excluding hydrogens is 334 g/mol. The number of aromatic carboxylic acids is 1. The molecule has 4 heteroatoms. The zero-order chi connectivity index (χ0) is 17.7. The molecule has 2 N–H and O–H groups in total. The van der Waals surface area contributed by atoms with Crippen molar-refractivity contribution in [2.75, 3.05) is 5.32 Å². The summed E-state index contributed by atoms with van der Waals surface area (Å²) < 4.78 is 0. The van der Waals surface area contributed by atoms with Gasteiger partial charge in [0.25, 0.3) is 0 Å². The molecule has 1 aliphatic heterocycles. The first-order valence-corrected chi connectivity index (χ1v) is 8.90. The zero-order valence-corrected chi connectivity index (χ0v) is 15.0. The van der Waals surface area contributed by atoms with Crippen LogP contribution in [0.15, 0.2) is 42.5 Å². The summed E-state index contributed by atoms with van der Waals surface area (Å²) in [4.78, 5) is 11.4. The number of carbonyl (C=O) groups is 1. The van der Waals surface area contributed by atoms with Crippen molar-refractivity contribution in [3.05, 3.63) is 75.3 Å². The fourth-order valence-electron chi connectivity index (χ4n) is 4.18. The summed E-state index contributed by atoms with van der Waals surface area (Å²) in [5.74, 6) is -0.383. The summed E-state index contributed by atoms with van der Waals surface area (Å²) in [5.41, 5.74) is 5.89. The van der Waals surface area contributed by atoms with E-state index in [2.05, 4.69) is 49.5 Å². The third-order valence-electron chi connectivity index (χ3n) is 5.44. The largest absolute Gasteiger partial charge is 0.478 e. The van der Waals surface area contributed by atoms with Crippen LogP contribution in [-0.2, 0) is 0 Å². The van der Waals surface area contributed by atoms with Crippen LogP contribution in [0.3, 0.4) is 0 Å². The van der Waals surface area contributed by atoms with Gasteiger partial charge in [-0.05, 0) is 55.0 Å². The summed E-state index contributed by atoms with van der Waals surface area (Å²) in [6, 6.07) is 10.0. The molecule has 2 aliphatic rings. The van der Waals surface area contributed by atoms with Gasteiger partial charge in [-0.2, -0.15) is 0 Å². The van der Waals surface area contributed by atoms with Crippen LogP contribution in [0.4, 0.5) is 5.69 Å². The molecular formula is C21H20ClNO2. The number of halogens is 1. The molecule has 128 valence electrons. The van der Waals surface area contributed by atoms with Crippen molar-refractivity contribution in [2.24, 2.45) is 5.92 Å². The Kier molecular flexibility index (Phi) is 3.84. The maximum atomic E-state index is 11.4. The van der Waals surface area contributed by atoms with E-state index in [1.807, 2.05) is 0 Å². The molecule has 1 aliphatic carbocycles. The molecule has 3 atom stereocenters. The molecule has 1 heterocycles. The molecule has 2 aromatic carbocycles. The molecule has 0 bridgehead atoms. The molecule has 0 saturated heterocycles. The number of carboxylic acids is 1. The van der Waals surface area contributed by atoms with Gasteiger partial charge in [-0.1, -0.05) is 47.5 Å². The van der Waals surface area contributed by atoms with E-state index in [9.17, 15) is 9.90 Å². The second-order valence-corrected chi connectivity index (χ2v) is 7.47. The quantitative estimate of drug-likeness (QED) is 0.702. The number of hydrogen-bond acceptors (Lipinski definition) is 2. The van der Waals surface area contributed by atoms with Crippen LogP contribution in [-0.4, -0.2) is 11.1 Å². The molecule has 2 aromatic rings. The molecule has 25 heavy (non-hydrogen) atoms. The Morgan fingerprint density at radius 1 is 1.20 bits per heavy atom. The molecule has 0 aromatic heterocycles. The van der Waals surface area contributed by atoms with Crippen molar-refractivity contribution >= 4 is 23.3 Å². The van der Waals surface area contributed by atoms with Crippen molar-refractivity contribution in [2.45, 2.75) is 32.2 Å². The van der Waals surface area contributed by atoms with Gasteiger partial charge in [0.05, 0.1) is 22.3 Å². The van der Waals surface area contributed by atoms with Gasteiger partial charge in [0.15, 0.2) is 0 Å². The second kappa shape index (κ2) is 5.92. The molecule has 0 fully saturated rings. The highest BCUT2D eigenvalue weighted by molar-refractivity contribution is 6.33. The topological polar surface area (TPSA) is 49.3 Å². The van der Waals surface area contributed by atoms with Gasteiger partial charge in [0, 0.05) is 5.92 Å². The number of fused-ring (bicyclic) bond motifs is 3. The number of nitrogens with one attached hydrogen (secondary N) is 1. The Bertz CT molecular complexity index is 903. The third-order valence-corrected chi connectivity index (χ3v) is 5.74. The lowest BCUT2D eigenvalue weighted by Crippen LogP contribution is -2.30. The van der Waals surface area contributed by atoms with Crippen LogP contribution >= 0.6 is 11.6 Å². The van der Waals surface area contributed by atoms with Crippen LogP contribution in [0, 0.1) is 19.8 Å². The normalized spacial score (nSPS) is 23.7. The standard InChI is InChI=1S/C21H20ClNO2/c1-11-6-7-12(2)16(8-11)19-15-5-3-4-14(15)17-9-13(21(24)25)10-18(22)20(17)23-19/h3-4,6-10,14-15,19,23H,5H2,1-2H3,(H,24,25)/t14-,15+,19-/m1/s1. The van der Waals surface area contributed by atoms with Crippen molar-refractivity contribution in [3.8, 4) is 0 Å². The molecule has 0 saturated carbocycles. The van der Waals surface area contributed by atoms with Gasteiger partial charge in [-0.25, -0.2) is 4.79 Å². The number of carboxylic acid groups (broad SMARTS) is 1. The van der Waals surface area contributed by atoms with Crippen molar-refractivity contribution in [1.82, 2.24) is 0 Å². The summed E-state index contributed by atoms with van der Waals surface area (Å²) in [7, 11) is 0. The Morgan fingerprint density at radius 3 is 2.76 bits per heavy atom. The van der Waals surface area contributed by atoms with E-state index in [-0.39, 0.29) is 17.5 Å². The lowest BCUT2D eigenvalue weighted by atomic mass is 9.75. The van der Waals surface area contributed by atoms with Crippen LogP contribution in [0.5, 0.6) is 0 Å². The fraction of sp³-hybridized carbons (Fsp3) is 0.286. The number of anilines is 1. The summed E-state index contributed by atoms with van der Waals surface area (Å²) >= 11 is 6.46. The predicted molar refractivity (Wildman–Crippen MR) is 101 cm³/mol. The lowest BCUT2D eigenvalue weighted by molar-refractivity contribution is 0.0696. The number of rotatable bonds is 2. The summed E-state index contributed by atoms with van der Waals surface area (Å²) in [5, 5.41) is 13.4. The van der Waals surface area contributed by atoms with E-state index in [0.29, 0.717) is 10.9 Å². The smallest absolute Gasteiger partial charge is 0.335 e. The molecule has 0 spiro atoms. The number of hydrogen-bond donors (Lipinski definition) is 2.